The summed E-state index contributed by atoms with van der Waals surface area (Å²) in [5.41, 5.74) is 1.37. The molecule has 1 aliphatic carbocycles. The lowest BCUT2D eigenvalue weighted by atomic mass is 9.97. The van der Waals surface area contributed by atoms with Crippen LogP contribution < -0.4 is 0 Å². The molecule has 3 heteroatoms. The van der Waals surface area contributed by atoms with Gasteiger partial charge in [-0.15, -0.1) is 0 Å². The molecule has 0 spiro atoms. The molecule has 0 fully saturated rings. The molecule has 0 radical (unpaired) electrons. The molecule has 0 aromatic heterocycles. The quantitative estimate of drug-likeness (QED) is 0.423. The Morgan fingerprint density at radius 1 is 1.56 bits per heavy atom. The van der Waals surface area contributed by atoms with Crippen LogP contribution in [0.15, 0.2) is 41.1 Å². The van der Waals surface area contributed by atoms with Crippen molar-refractivity contribution in [3.8, 4) is 11.8 Å². The van der Waals surface area contributed by atoms with Gasteiger partial charge in [-0.05, 0) is 11.5 Å². The molecule has 0 saturated heterocycles. The number of aliphatic imine (C=N–C) groups is 1. The number of carbonyl (C=O) groups excluding carboxylic acids is 1. The molecule has 0 aromatic rings. The normalized spacial score (nSPS) is 27.4. The van der Waals surface area contributed by atoms with Crippen molar-refractivity contribution >= 4 is 11.9 Å². The molecule has 0 saturated carbocycles. The van der Waals surface area contributed by atoms with E-state index in [2.05, 4.69) is 43.3 Å². The van der Waals surface area contributed by atoms with Crippen molar-refractivity contribution in [2.45, 2.75) is 20.3 Å². The zero-order chi connectivity index (χ0) is 13.1. The van der Waals surface area contributed by atoms with Gasteiger partial charge in [0.25, 0.3) is 0 Å². The molecule has 3 nitrogen and oxygen atoms in total. The summed E-state index contributed by atoms with van der Waals surface area (Å²) in [7, 11) is 0. The summed E-state index contributed by atoms with van der Waals surface area (Å²) in [6.07, 6.45) is 6.77. The molecular weight excluding hydrogens is 226 g/mol. The molecule has 1 atom stereocenters. The smallest absolute Gasteiger partial charge is 0.362 e. The second kappa shape index (κ2) is 5.05. The third kappa shape index (κ3) is 2.60. The molecular formula is C15H15NO2. The maximum atomic E-state index is 11.2. The topological polar surface area (TPSA) is 38.7 Å². The van der Waals surface area contributed by atoms with Gasteiger partial charge in [0.15, 0.2) is 0 Å². The first-order valence-electron chi connectivity index (χ1n) is 5.94. The number of carbonyl (C=O) groups is 1. The summed E-state index contributed by atoms with van der Waals surface area (Å²) in [4.78, 5) is 15.2. The van der Waals surface area contributed by atoms with Gasteiger partial charge in [-0.3, -0.25) is 0 Å². The minimum atomic E-state index is -0.484. The number of ether oxygens (including phenoxy) is 1. The van der Waals surface area contributed by atoms with Crippen LogP contribution in [0, 0.1) is 23.7 Å². The highest BCUT2D eigenvalue weighted by Crippen LogP contribution is 2.19. The molecule has 0 N–H and O–H groups in total. The van der Waals surface area contributed by atoms with Gasteiger partial charge in [0.1, 0.15) is 11.6 Å². The van der Waals surface area contributed by atoms with Crippen molar-refractivity contribution in [1.29, 1.82) is 0 Å². The summed E-state index contributed by atoms with van der Waals surface area (Å²) in [5.74, 6) is 6.11. The van der Waals surface area contributed by atoms with Crippen molar-refractivity contribution < 1.29 is 9.53 Å². The largest absolute Gasteiger partial charge is 0.405 e. The maximum Gasteiger partial charge on any atom is 0.362 e. The number of nitrogens with zero attached hydrogens (tertiary/aromatic N) is 1. The van der Waals surface area contributed by atoms with Gasteiger partial charge in [0.05, 0.1) is 0 Å². The Bertz CT molecular complexity index is 539. The van der Waals surface area contributed by atoms with Crippen LogP contribution in [0.25, 0.3) is 0 Å². The van der Waals surface area contributed by atoms with Crippen LogP contribution in [0.3, 0.4) is 0 Å². The van der Waals surface area contributed by atoms with E-state index in [1.54, 1.807) is 0 Å². The highest BCUT2D eigenvalue weighted by molar-refractivity contribution is 6.06. The molecule has 0 amide bonds. The van der Waals surface area contributed by atoms with Gasteiger partial charge in [0, 0.05) is 6.42 Å². The second-order valence-corrected chi connectivity index (χ2v) is 4.51. The highest BCUT2D eigenvalue weighted by atomic mass is 16.6. The number of allylic oxidation sites excluding steroid dienone is 3. The van der Waals surface area contributed by atoms with Crippen LogP contribution in [-0.4, -0.2) is 11.9 Å². The molecule has 0 aromatic carbocycles. The van der Waals surface area contributed by atoms with E-state index < -0.39 is 5.97 Å². The van der Waals surface area contributed by atoms with E-state index in [0.29, 0.717) is 18.2 Å². The summed E-state index contributed by atoms with van der Waals surface area (Å²) in [5, 5.41) is 0. The maximum absolute atomic E-state index is 11.2. The minimum Gasteiger partial charge on any atom is -0.405 e. The van der Waals surface area contributed by atoms with Gasteiger partial charge in [-0.1, -0.05) is 50.5 Å². The molecule has 2 rings (SSSR count). The van der Waals surface area contributed by atoms with Crippen LogP contribution in [0.4, 0.5) is 0 Å². The van der Waals surface area contributed by atoms with Gasteiger partial charge in [-0.2, -0.15) is 0 Å². The average molecular weight is 241 g/mol. The van der Waals surface area contributed by atoms with Crippen molar-refractivity contribution in [3.05, 3.63) is 36.1 Å². The Morgan fingerprint density at radius 2 is 2.33 bits per heavy atom. The fourth-order valence-corrected chi connectivity index (χ4v) is 1.72. The first-order valence-corrected chi connectivity index (χ1v) is 5.94. The second-order valence-electron chi connectivity index (χ2n) is 4.51. The molecule has 1 heterocycles. The van der Waals surface area contributed by atoms with E-state index in [-0.39, 0.29) is 11.6 Å². The lowest BCUT2D eigenvalue weighted by Gasteiger charge is -2.09. The molecule has 0 bridgehead atoms. The molecule has 2 aliphatic rings. The first-order chi connectivity index (χ1) is 8.58. The third-order valence-electron chi connectivity index (χ3n) is 2.79. The Balaban J connectivity index is 2.23. The first kappa shape index (κ1) is 12.4. The summed E-state index contributed by atoms with van der Waals surface area (Å²) in [6.45, 7) is 7.79. The standard InChI is InChI=1S/C15H15NO2/c1-10(2)12-6-4-5-7-13(9-8-12)14-16-11(3)15(17)18-14/h6,8-10,13H,3-4H2,1-2H3/b9-8-,12-6+. The monoisotopic (exact) mass is 241 g/mol. The molecule has 92 valence electrons. The van der Waals surface area contributed by atoms with E-state index in [0.717, 1.165) is 0 Å². The van der Waals surface area contributed by atoms with Crippen LogP contribution in [0.5, 0.6) is 0 Å². The van der Waals surface area contributed by atoms with Crippen molar-refractivity contribution in [2.24, 2.45) is 16.8 Å². The lowest BCUT2D eigenvalue weighted by molar-refractivity contribution is -0.130. The van der Waals surface area contributed by atoms with Crippen molar-refractivity contribution in [2.75, 3.05) is 0 Å². The zero-order valence-corrected chi connectivity index (χ0v) is 10.6. The zero-order valence-electron chi connectivity index (χ0n) is 10.6. The van der Waals surface area contributed by atoms with E-state index in [9.17, 15) is 4.79 Å². The Kier molecular flexibility index (Phi) is 3.47. The van der Waals surface area contributed by atoms with Crippen LogP contribution >= 0.6 is 0 Å². The van der Waals surface area contributed by atoms with Gasteiger partial charge < -0.3 is 4.74 Å². The summed E-state index contributed by atoms with van der Waals surface area (Å²) >= 11 is 0. The third-order valence-corrected chi connectivity index (χ3v) is 2.79. The molecule has 18 heavy (non-hydrogen) atoms. The Morgan fingerprint density at radius 3 is 2.94 bits per heavy atom. The highest BCUT2D eigenvalue weighted by Gasteiger charge is 2.25. The predicted octanol–water partition coefficient (Wildman–Crippen LogP) is 2.62. The number of rotatable bonds is 2. The molecule has 1 aliphatic heterocycles. The average Bonchev–Trinajstić information content (AvgIpc) is 2.58. The Labute approximate surface area is 107 Å². The predicted molar refractivity (Wildman–Crippen MR) is 70.6 cm³/mol. The fourth-order valence-electron chi connectivity index (χ4n) is 1.72. The summed E-state index contributed by atoms with van der Waals surface area (Å²) in [6, 6.07) is 0. The Hall–Kier alpha value is -2.08. The minimum absolute atomic E-state index is 0.141. The van der Waals surface area contributed by atoms with E-state index >= 15 is 0 Å². The number of cyclic esters (lactones) is 1. The van der Waals surface area contributed by atoms with E-state index in [1.807, 2.05) is 12.2 Å². The number of esters is 1. The van der Waals surface area contributed by atoms with Crippen LogP contribution in [0.2, 0.25) is 0 Å². The SMILES string of the molecule is C=C1N=C(C2C#CC/C=C(C(C)C)\C=C/2)OC1=O. The molecule has 1 unspecified atom stereocenters. The van der Waals surface area contributed by atoms with E-state index in [1.165, 1.54) is 5.57 Å². The summed E-state index contributed by atoms with van der Waals surface area (Å²) < 4.78 is 5.04. The van der Waals surface area contributed by atoms with E-state index in [4.69, 9.17) is 4.74 Å². The van der Waals surface area contributed by atoms with Gasteiger partial charge in [-0.25, -0.2) is 9.79 Å². The number of hydrogen-bond donors (Lipinski definition) is 0. The van der Waals surface area contributed by atoms with Crippen LogP contribution in [0.1, 0.15) is 20.3 Å². The fraction of sp³-hybridized carbons (Fsp3) is 0.333. The van der Waals surface area contributed by atoms with Crippen molar-refractivity contribution in [3.63, 3.8) is 0 Å². The number of hydrogen-bond acceptors (Lipinski definition) is 3. The lowest BCUT2D eigenvalue weighted by Crippen LogP contribution is -2.13. The van der Waals surface area contributed by atoms with Gasteiger partial charge >= 0.3 is 5.97 Å². The van der Waals surface area contributed by atoms with Crippen LogP contribution in [-0.2, 0) is 9.53 Å². The van der Waals surface area contributed by atoms with Crippen molar-refractivity contribution in [1.82, 2.24) is 0 Å². The van der Waals surface area contributed by atoms with Gasteiger partial charge in [0.2, 0.25) is 5.90 Å².